The average Bonchev–Trinajstić information content (AvgIpc) is 3.20. The maximum absolute atomic E-state index is 12.9. The summed E-state index contributed by atoms with van der Waals surface area (Å²) in [6.45, 7) is 3.46. The highest BCUT2D eigenvalue weighted by molar-refractivity contribution is 5.96. The molecule has 8 heteroatoms. The third-order valence-electron chi connectivity index (χ3n) is 5.43. The van der Waals surface area contributed by atoms with Gasteiger partial charge >= 0.3 is 5.97 Å². The standard InChI is InChI=1S/C22H25N5O3/c1-30-20(28)15-25-9-11-26(12-10-25)22(29)18-13-19-21(23-14-18)27(16-24-19)8-7-17-5-3-2-4-6-17/h2-6,13-14,16H,7-12,15H2,1H3. The monoisotopic (exact) mass is 407 g/mol. The molecule has 1 aliphatic heterocycles. The first-order valence-corrected chi connectivity index (χ1v) is 10.1. The third kappa shape index (κ3) is 4.49. The van der Waals surface area contributed by atoms with E-state index in [1.807, 2.05) is 33.7 Å². The van der Waals surface area contributed by atoms with Crippen LogP contribution in [-0.2, 0) is 22.5 Å². The molecule has 0 unspecified atom stereocenters. The molecule has 0 bridgehead atoms. The molecule has 0 saturated carbocycles. The molecule has 0 radical (unpaired) electrons. The van der Waals surface area contributed by atoms with Crippen molar-refractivity contribution < 1.29 is 14.3 Å². The van der Waals surface area contributed by atoms with Crippen LogP contribution in [0.15, 0.2) is 48.9 Å². The third-order valence-corrected chi connectivity index (χ3v) is 5.43. The van der Waals surface area contributed by atoms with E-state index in [1.54, 1.807) is 17.4 Å². The normalized spacial score (nSPS) is 14.8. The van der Waals surface area contributed by atoms with Crippen molar-refractivity contribution in [1.29, 1.82) is 0 Å². The molecule has 3 heterocycles. The molecule has 1 fully saturated rings. The van der Waals surface area contributed by atoms with Crippen molar-refractivity contribution in [2.75, 3.05) is 39.8 Å². The topological polar surface area (TPSA) is 80.6 Å². The van der Waals surface area contributed by atoms with Gasteiger partial charge in [-0.3, -0.25) is 14.5 Å². The van der Waals surface area contributed by atoms with Gasteiger partial charge in [0, 0.05) is 38.9 Å². The Morgan fingerprint density at radius 1 is 1.07 bits per heavy atom. The van der Waals surface area contributed by atoms with Crippen molar-refractivity contribution in [3.05, 3.63) is 60.0 Å². The number of carbonyl (C=O) groups excluding carboxylic acids is 2. The Hall–Kier alpha value is -3.26. The minimum Gasteiger partial charge on any atom is -0.468 e. The molecule has 1 amide bonds. The first kappa shape index (κ1) is 20.0. The van der Waals surface area contributed by atoms with Gasteiger partial charge in [-0.15, -0.1) is 0 Å². The van der Waals surface area contributed by atoms with E-state index >= 15 is 0 Å². The summed E-state index contributed by atoms with van der Waals surface area (Å²) in [7, 11) is 1.38. The van der Waals surface area contributed by atoms with Gasteiger partial charge in [-0.1, -0.05) is 30.3 Å². The quantitative estimate of drug-likeness (QED) is 0.578. The van der Waals surface area contributed by atoms with Crippen molar-refractivity contribution in [3.63, 3.8) is 0 Å². The summed E-state index contributed by atoms with van der Waals surface area (Å²) in [5, 5.41) is 0. The molecule has 156 valence electrons. The lowest BCUT2D eigenvalue weighted by Crippen LogP contribution is -2.50. The number of methoxy groups -OCH3 is 1. The molecule has 8 nitrogen and oxygen atoms in total. The zero-order chi connectivity index (χ0) is 20.9. The number of hydrogen-bond donors (Lipinski definition) is 0. The lowest BCUT2D eigenvalue weighted by Gasteiger charge is -2.34. The van der Waals surface area contributed by atoms with Gasteiger partial charge in [-0.25, -0.2) is 9.97 Å². The van der Waals surface area contributed by atoms with Gasteiger partial charge in [-0.2, -0.15) is 0 Å². The summed E-state index contributed by atoms with van der Waals surface area (Å²) in [4.78, 5) is 37.0. The van der Waals surface area contributed by atoms with Crippen LogP contribution in [0.2, 0.25) is 0 Å². The number of pyridine rings is 1. The van der Waals surface area contributed by atoms with Gasteiger partial charge in [0.05, 0.1) is 25.5 Å². The molecule has 0 N–H and O–H groups in total. The molecule has 0 atom stereocenters. The van der Waals surface area contributed by atoms with E-state index in [1.165, 1.54) is 12.7 Å². The number of aryl methyl sites for hydroxylation is 2. The molecule has 0 spiro atoms. The zero-order valence-corrected chi connectivity index (χ0v) is 17.0. The second kappa shape index (κ2) is 9.04. The first-order chi connectivity index (χ1) is 14.6. The number of rotatable bonds is 6. The van der Waals surface area contributed by atoms with Gasteiger partial charge in [-0.05, 0) is 18.1 Å². The number of amides is 1. The lowest BCUT2D eigenvalue weighted by atomic mass is 10.1. The number of aromatic nitrogens is 3. The Balaban J connectivity index is 1.39. The number of benzene rings is 1. The van der Waals surface area contributed by atoms with Gasteiger partial charge < -0.3 is 14.2 Å². The predicted octanol–water partition coefficient (Wildman–Crippen LogP) is 1.60. The molecule has 0 aliphatic carbocycles. The molecular formula is C22H25N5O3. The van der Waals surface area contributed by atoms with Crippen LogP contribution in [0, 0.1) is 0 Å². The summed E-state index contributed by atoms with van der Waals surface area (Å²) in [6.07, 6.45) is 4.30. The zero-order valence-electron chi connectivity index (χ0n) is 17.0. The summed E-state index contributed by atoms with van der Waals surface area (Å²) < 4.78 is 6.72. The fourth-order valence-electron chi connectivity index (χ4n) is 3.66. The average molecular weight is 407 g/mol. The molecule has 1 aliphatic rings. The summed E-state index contributed by atoms with van der Waals surface area (Å²) >= 11 is 0. The molecule has 1 saturated heterocycles. The maximum Gasteiger partial charge on any atom is 0.319 e. The van der Waals surface area contributed by atoms with Crippen LogP contribution >= 0.6 is 0 Å². The molecule has 4 rings (SSSR count). The van der Waals surface area contributed by atoms with E-state index in [9.17, 15) is 9.59 Å². The predicted molar refractivity (Wildman–Crippen MR) is 112 cm³/mol. The van der Waals surface area contributed by atoms with Crippen molar-refractivity contribution in [1.82, 2.24) is 24.3 Å². The first-order valence-electron chi connectivity index (χ1n) is 10.1. The maximum atomic E-state index is 12.9. The SMILES string of the molecule is COC(=O)CN1CCN(C(=O)c2cnc3c(c2)ncn3CCc2ccccc2)CC1. The van der Waals surface area contributed by atoms with Crippen LogP contribution in [0.5, 0.6) is 0 Å². The number of carbonyl (C=O) groups is 2. The second-order valence-electron chi connectivity index (χ2n) is 7.38. The number of esters is 1. The van der Waals surface area contributed by atoms with Crippen molar-refractivity contribution in [2.24, 2.45) is 0 Å². The fourth-order valence-corrected chi connectivity index (χ4v) is 3.66. The molecule has 1 aromatic carbocycles. The molecule has 3 aromatic rings. The number of nitrogens with zero attached hydrogens (tertiary/aromatic N) is 5. The van der Waals surface area contributed by atoms with Gasteiger partial charge in [0.2, 0.25) is 0 Å². The molecule has 2 aromatic heterocycles. The Bertz CT molecular complexity index is 1030. The Labute approximate surface area is 175 Å². The van der Waals surface area contributed by atoms with Crippen molar-refractivity contribution in [2.45, 2.75) is 13.0 Å². The minimum absolute atomic E-state index is 0.0547. The van der Waals surface area contributed by atoms with Crippen LogP contribution in [0.25, 0.3) is 11.2 Å². The van der Waals surface area contributed by atoms with E-state index in [2.05, 4.69) is 22.1 Å². The van der Waals surface area contributed by atoms with Crippen LogP contribution in [0.4, 0.5) is 0 Å². The van der Waals surface area contributed by atoms with Gasteiger partial charge in [0.1, 0.15) is 5.52 Å². The summed E-state index contributed by atoms with van der Waals surface area (Å²) in [5.41, 5.74) is 3.30. The van der Waals surface area contributed by atoms with Crippen molar-refractivity contribution >= 4 is 23.0 Å². The number of imidazole rings is 1. The smallest absolute Gasteiger partial charge is 0.319 e. The van der Waals surface area contributed by atoms with E-state index in [-0.39, 0.29) is 18.4 Å². The van der Waals surface area contributed by atoms with Crippen LogP contribution in [0.3, 0.4) is 0 Å². The van der Waals surface area contributed by atoms with E-state index in [4.69, 9.17) is 4.74 Å². The highest BCUT2D eigenvalue weighted by Crippen LogP contribution is 2.15. The summed E-state index contributed by atoms with van der Waals surface area (Å²) in [6, 6.07) is 12.1. The van der Waals surface area contributed by atoms with Crippen LogP contribution in [0.1, 0.15) is 15.9 Å². The number of piperazine rings is 1. The van der Waals surface area contributed by atoms with E-state index in [0.717, 1.165) is 24.1 Å². The van der Waals surface area contributed by atoms with Gasteiger partial charge in [0.25, 0.3) is 5.91 Å². The van der Waals surface area contributed by atoms with Crippen LogP contribution in [-0.4, -0.2) is 76.0 Å². The van der Waals surface area contributed by atoms with E-state index in [0.29, 0.717) is 31.7 Å². The molecule has 30 heavy (non-hydrogen) atoms. The largest absolute Gasteiger partial charge is 0.468 e. The summed E-state index contributed by atoms with van der Waals surface area (Å²) in [5.74, 6) is -0.312. The highest BCUT2D eigenvalue weighted by Gasteiger charge is 2.24. The highest BCUT2D eigenvalue weighted by atomic mass is 16.5. The van der Waals surface area contributed by atoms with E-state index < -0.39 is 0 Å². The number of fused-ring (bicyclic) bond motifs is 1. The lowest BCUT2D eigenvalue weighted by molar-refractivity contribution is -0.142. The second-order valence-corrected chi connectivity index (χ2v) is 7.38. The minimum atomic E-state index is -0.257. The Kier molecular flexibility index (Phi) is 6.04. The van der Waals surface area contributed by atoms with Crippen LogP contribution < -0.4 is 0 Å². The van der Waals surface area contributed by atoms with Crippen molar-refractivity contribution in [3.8, 4) is 0 Å². The number of hydrogen-bond acceptors (Lipinski definition) is 6. The molecular weight excluding hydrogens is 382 g/mol. The Morgan fingerprint density at radius 3 is 2.57 bits per heavy atom. The number of ether oxygens (including phenoxy) is 1. The Morgan fingerprint density at radius 2 is 1.83 bits per heavy atom. The fraction of sp³-hybridized carbons (Fsp3) is 0.364. The van der Waals surface area contributed by atoms with Gasteiger partial charge in [0.15, 0.2) is 5.65 Å².